The summed E-state index contributed by atoms with van der Waals surface area (Å²) in [6.45, 7) is 13.4. The molecule has 1 aliphatic heterocycles. The van der Waals surface area contributed by atoms with E-state index in [0.717, 1.165) is 45.6 Å². The Kier molecular flexibility index (Phi) is 6.09. The summed E-state index contributed by atoms with van der Waals surface area (Å²) < 4.78 is 0. The molecule has 0 unspecified atom stereocenters. The maximum absolute atomic E-state index is 12.1. The summed E-state index contributed by atoms with van der Waals surface area (Å²) in [4.78, 5) is 14.5. The molecule has 4 nitrogen and oxygen atoms in total. The first-order chi connectivity index (χ1) is 8.51. The summed E-state index contributed by atoms with van der Waals surface area (Å²) in [6.07, 6.45) is 1.94. The predicted octanol–water partition coefficient (Wildman–Crippen LogP) is 1.22. The van der Waals surface area contributed by atoms with Crippen LogP contribution in [0, 0.1) is 5.92 Å². The van der Waals surface area contributed by atoms with Crippen LogP contribution in [0.15, 0.2) is 0 Å². The Bertz CT molecular complexity index is 256. The molecule has 18 heavy (non-hydrogen) atoms. The van der Waals surface area contributed by atoms with Gasteiger partial charge >= 0.3 is 0 Å². The van der Waals surface area contributed by atoms with Gasteiger partial charge < -0.3 is 10.6 Å². The van der Waals surface area contributed by atoms with Gasteiger partial charge in [0.1, 0.15) is 0 Å². The smallest absolute Gasteiger partial charge is 0.223 e. The molecule has 1 aliphatic rings. The molecule has 1 saturated heterocycles. The van der Waals surface area contributed by atoms with E-state index in [-0.39, 0.29) is 17.4 Å². The molecule has 0 aromatic carbocycles. The van der Waals surface area contributed by atoms with Gasteiger partial charge in [-0.3, -0.25) is 9.69 Å². The quantitative estimate of drug-likeness (QED) is 0.750. The maximum atomic E-state index is 12.1. The molecule has 0 aromatic rings. The summed E-state index contributed by atoms with van der Waals surface area (Å²) in [5, 5.41) is 6.42. The van der Waals surface area contributed by atoms with E-state index in [1.165, 1.54) is 0 Å². The number of hydrogen-bond donors (Lipinski definition) is 2. The summed E-state index contributed by atoms with van der Waals surface area (Å²) in [5.41, 5.74) is 0.0338. The molecule has 0 saturated carbocycles. The van der Waals surface area contributed by atoms with E-state index >= 15 is 0 Å². The fourth-order valence-corrected chi connectivity index (χ4v) is 2.72. The van der Waals surface area contributed by atoms with E-state index in [1.807, 2.05) is 0 Å². The Morgan fingerprint density at radius 3 is 2.33 bits per heavy atom. The summed E-state index contributed by atoms with van der Waals surface area (Å²) in [6, 6.07) is 0. The van der Waals surface area contributed by atoms with Crippen LogP contribution >= 0.6 is 0 Å². The number of amides is 1. The third kappa shape index (κ3) is 4.25. The molecular weight excluding hydrogens is 226 g/mol. The van der Waals surface area contributed by atoms with Crippen LogP contribution in [0.25, 0.3) is 0 Å². The van der Waals surface area contributed by atoms with E-state index in [9.17, 15) is 4.79 Å². The van der Waals surface area contributed by atoms with E-state index in [2.05, 4.69) is 43.2 Å². The third-order valence-corrected chi connectivity index (χ3v) is 4.02. The molecule has 0 aromatic heterocycles. The minimum absolute atomic E-state index is 0.0338. The number of piperidine rings is 1. The molecule has 2 N–H and O–H groups in total. The van der Waals surface area contributed by atoms with Crippen molar-refractivity contribution in [2.45, 2.75) is 46.1 Å². The van der Waals surface area contributed by atoms with Crippen LogP contribution in [-0.2, 0) is 4.79 Å². The van der Waals surface area contributed by atoms with Gasteiger partial charge in [-0.1, -0.05) is 13.8 Å². The van der Waals surface area contributed by atoms with Crippen molar-refractivity contribution in [3.05, 3.63) is 0 Å². The van der Waals surface area contributed by atoms with E-state index < -0.39 is 0 Å². The molecule has 1 rings (SSSR count). The first-order valence-electron chi connectivity index (χ1n) is 7.24. The van der Waals surface area contributed by atoms with Crippen LogP contribution in [0.3, 0.4) is 0 Å². The lowest BCUT2D eigenvalue weighted by molar-refractivity contribution is -0.126. The maximum Gasteiger partial charge on any atom is 0.223 e. The topological polar surface area (TPSA) is 44.4 Å². The number of nitrogens with zero attached hydrogens (tertiary/aromatic N) is 1. The summed E-state index contributed by atoms with van der Waals surface area (Å²) >= 11 is 0. The summed E-state index contributed by atoms with van der Waals surface area (Å²) in [5.74, 6) is 0.440. The van der Waals surface area contributed by atoms with E-state index in [0.29, 0.717) is 0 Å². The second kappa shape index (κ2) is 7.10. The molecule has 0 atom stereocenters. The average molecular weight is 255 g/mol. The largest absolute Gasteiger partial charge is 0.354 e. The van der Waals surface area contributed by atoms with Gasteiger partial charge in [-0.2, -0.15) is 0 Å². The van der Waals surface area contributed by atoms with Gasteiger partial charge in [-0.15, -0.1) is 0 Å². The Hall–Kier alpha value is -0.610. The molecule has 0 aliphatic carbocycles. The predicted molar refractivity (Wildman–Crippen MR) is 75.6 cm³/mol. The van der Waals surface area contributed by atoms with Crippen molar-refractivity contribution in [1.82, 2.24) is 15.5 Å². The number of carbonyl (C=O) groups excluding carboxylic acids is 1. The van der Waals surface area contributed by atoms with Crippen molar-refractivity contribution >= 4 is 5.91 Å². The molecule has 0 spiro atoms. The van der Waals surface area contributed by atoms with Crippen molar-refractivity contribution in [1.29, 1.82) is 0 Å². The third-order valence-electron chi connectivity index (χ3n) is 4.02. The van der Waals surface area contributed by atoms with Gasteiger partial charge in [0.15, 0.2) is 0 Å². The van der Waals surface area contributed by atoms with Crippen LogP contribution in [0.4, 0.5) is 0 Å². The highest BCUT2D eigenvalue weighted by atomic mass is 16.1. The number of hydrogen-bond acceptors (Lipinski definition) is 3. The lowest BCUT2D eigenvalue weighted by Gasteiger charge is -2.37. The highest BCUT2D eigenvalue weighted by Gasteiger charge is 2.27. The second-order valence-corrected chi connectivity index (χ2v) is 5.73. The monoisotopic (exact) mass is 255 g/mol. The van der Waals surface area contributed by atoms with Gasteiger partial charge in [-0.05, 0) is 52.9 Å². The molecule has 106 valence electrons. The highest BCUT2D eigenvalue weighted by molar-refractivity contribution is 5.78. The first-order valence-corrected chi connectivity index (χ1v) is 7.24. The lowest BCUT2D eigenvalue weighted by Crippen LogP contribution is -2.52. The van der Waals surface area contributed by atoms with E-state index in [4.69, 9.17) is 0 Å². The fraction of sp³-hybridized carbons (Fsp3) is 0.929. The van der Waals surface area contributed by atoms with Crippen molar-refractivity contribution < 1.29 is 4.79 Å². The standard InChI is InChI=1S/C14H29N3O/c1-5-17(6-2)14(3,4)11-16-13(18)12-7-9-15-10-8-12/h12,15H,5-11H2,1-4H3,(H,16,18). The molecular formula is C14H29N3O. The summed E-state index contributed by atoms with van der Waals surface area (Å²) in [7, 11) is 0. The Morgan fingerprint density at radius 2 is 1.83 bits per heavy atom. The number of likely N-dealkylation sites (N-methyl/N-ethyl adjacent to an activating group) is 1. The van der Waals surface area contributed by atoms with Crippen molar-refractivity contribution in [2.75, 3.05) is 32.7 Å². The van der Waals surface area contributed by atoms with Crippen molar-refractivity contribution in [3.63, 3.8) is 0 Å². The normalized spacial score (nSPS) is 18.1. The van der Waals surface area contributed by atoms with Crippen LogP contribution in [0.5, 0.6) is 0 Å². The molecule has 1 heterocycles. The van der Waals surface area contributed by atoms with Crippen molar-refractivity contribution in [2.24, 2.45) is 5.92 Å². The van der Waals surface area contributed by atoms with Crippen LogP contribution in [-0.4, -0.2) is 49.1 Å². The molecule has 4 heteroatoms. The molecule has 1 amide bonds. The van der Waals surface area contributed by atoms with Gasteiger partial charge in [-0.25, -0.2) is 0 Å². The number of nitrogens with one attached hydrogen (secondary N) is 2. The first kappa shape index (κ1) is 15.4. The van der Waals surface area contributed by atoms with Gasteiger partial charge in [0.2, 0.25) is 5.91 Å². The minimum Gasteiger partial charge on any atom is -0.354 e. The van der Waals surface area contributed by atoms with E-state index in [1.54, 1.807) is 0 Å². The number of carbonyl (C=O) groups is 1. The average Bonchev–Trinajstić information content (AvgIpc) is 2.38. The van der Waals surface area contributed by atoms with Gasteiger partial charge in [0.25, 0.3) is 0 Å². The minimum atomic E-state index is 0.0338. The van der Waals surface area contributed by atoms with Crippen LogP contribution < -0.4 is 10.6 Å². The molecule has 0 bridgehead atoms. The molecule has 1 fully saturated rings. The van der Waals surface area contributed by atoms with Crippen LogP contribution in [0.2, 0.25) is 0 Å². The van der Waals surface area contributed by atoms with Gasteiger partial charge in [0.05, 0.1) is 0 Å². The number of rotatable bonds is 6. The van der Waals surface area contributed by atoms with Crippen molar-refractivity contribution in [3.8, 4) is 0 Å². The SMILES string of the molecule is CCN(CC)C(C)(C)CNC(=O)C1CCNCC1. The Labute approximate surface area is 111 Å². The Morgan fingerprint density at radius 1 is 1.28 bits per heavy atom. The second-order valence-electron chi connectivity index (χ2n) is 5.73. The zero-order chi connectivity index (χ0) is 13.6. The van der Waals surface area contributed by atoms with Crippen LogP contribution in [0.1, 0.15) is 40.5 Å². The molecule has 0 radical (unpaired) electrons. The Balaban J connectivity index is 2.40. The highest BCUT2D eigenvalue weighted by Crippen LogP contribution is 2.15. The zero-order valence-corrected chi connectivity index (χ0v) is 12.4. The zero-order valence-electron chi connectivity index (χ0n) is 12.4. The van der Waals surface area contributed by atoms with Gasteiger partial charge in [0, 0.05) is 18.0 Å². The lowest BCUT2D eigenvalue weighted by atomic mass is 9.96. The fourth-order valence-electron chi connectivity index (χ4n) is 2.72.